The number of nitrogens with zero attached hydrogens (tertiary/aromatic N) is 2. The van der Waals surface area contributed by atoms with E-state index in [1.807, 2.05) is 37.3 Å². The maximum Gasteiger partial charge on any atom is 0.125 e. The van der Waals surface area contributed by atoms with Crippen LogP contribution in [0, 0.1) is 6.92 Å². The van der Waals surface area contributed by atoms with Gasteiger partial charge in [-0.15, -0.1) is 0 Å². The summed E-state index contributed by atoms with van der Waals surface area (Å²) in [4.78, 5) is 8.66. The highest BCUT2D eigenvalue weighted by atomic mass is 35.5. The van der Waals surface area contributed by atoms with E-state index in [1.54, 1.807) is 6.20 Å². The van der Waals surface area contributed by atoms with Gasteiger partial charge >= 0.3 is 0 Å². The third kappa shape index (κ3) is 3.52. The van der Waals surface area contributed by atoms with E-state index >= 15 is 0 Å². The van der Waals surface area contributed by atoms with Crippen molar-refractivity contribution in [1.29, 1.82) is 0 Å². The Bertz CT molecular complexity index is 542. The predicted octanol–water partition coefficient (Wildman–Crippen LogP) is 3.53. The number of benzene rings is 1. The van der Waals surface area contributed by atoms with Crippen LogP contribution in [-0.2, 0) is 0 Å². The summed E-state index contributed by atoms with van der Waals surface area (Å²) in [6, 6.07) is 9.82. The lowest BCUT2D eigenvalue weighted by molar-refractivity contribution is 0.583. The van der Waals surface area contributed by atoms with E-state index in [0.717, 1.165) is 35.1 Å². The largest absolute Gasteiger partial charge is 0.305 e. The highest BCUT2D eigenvalue weighted by Crippen LogP contribution is 2.27. The van der Waals surface area contributed by atoms with E-state index in [2.05, 4.69) is 22.2 Å². The Morgan fingerprint density at radius 3 is 2.74 bits per heavy atom. The average Bonchev–Trinajstić information content (AvgIpc) is 2.41. The molecule has 1 aromatic heterocycles. The minimum absolute atomic E-state index is 0.00958. The maximum absolute atomic E-state index is 6.30. The monoisotopic (exact) mass is 275 g/mol. The molecule has 1 unspecified atom stereocenters. The van der Waals surface area contributed by atoms with Gasteiger partial charge in [-0.3, -0.25) is 0 Å². The molecule has 3 nitrogen and oxygen atoms in total. The van der Waals surface area contributed by atoms with E-state index < -0.39 is 0 Å². The molecule has 1 aromatic carbocycles. The Labute approximate surface area is 119 Å². The first-order chi connectivity index (χ1) is 9.22. The lowest BCUT2D eigenvalue weighted by Crippen LogP contribution is -2.24. The number of rotatable bonds is 5. The summed E-state index contributed by atoms with van der Waals surface area (Å²) in [5.41, 5.74) is 2.00. The summed E-state index contributed by atoms with van der Waals surface area (Å²) >= 11 is 6.30. The molecule has 0 bridgehead atoms. The second-order valence-corrected chi connectivity index (χ2v) is 4.84. The topological polar surface area (TPSA) is 37.8 Å². The van der Waals surface area contributed by atoms with Gasteiger partial charge in [0.05, 0.1) is 11.7 Å². The fourth-order valence-electron chi connectivity index (χ4n) is 2.01. The van der Waals surface area contributed by atoms with Crippen LogP contribution in [0.4, 0.5) is 0 Å². The molecule has 4 heteroatoms. The molecule has 1 atom stereocenters. The summed E-state index contributed by atoms with van der Waals surface area (Å²) in [7, 11) is 0. The summed E-state index contributed by atoms with van der Waals surface area (Å²) in [5.74, 6) is 0.771. The van der Waals surface area contributed by atoms with Gasteiger partial charge in [0.1, 0.15) is 5.82 Å². The molecule has 0 amide bonds. The molecule has 0 saturated heterocycles. The van der Waals surface area contributed by atoms with Gasteiger partial charge in [0.2, 0.25) is 0 Å². The minimum atomic E-state index is 0.00958. The van der Waals surface area contributed by atoms with Gasteiger partial charge in [-0.25, -0.2) is 9.97 Å². The molecule has 19 heavy (non-hydrogen) atoms. The number of hydrogen-bond acceptors (Lipinski definition) is 3. The minimum Gasteiger partial charge on any atom is -0.305 e. The quantitative estimate of drug-likeness (QED) is 0.907. The van der Waals surface area contributed by atoms with Crippen molar-refractivity contribution in [2.75, 3.05) is 6.54 Å². The molecule has 0 fully saturated rings. The second-order valence-electron chi connectivity index (χ2n) is 4.44. The molecule has 100 valence electrons. The molecular weight excluding hydrogens is 258 g/mol. The second kappa shape index (κ2) is 6.64. The van der Waals surface area contributed by atoms with Crippen molar-refractivity contribution < 1.29 is 0 Å². The molecule has 0 aliphatic rings. The van der Waals surface area contributed by atoms with Crippen molar-refractivity contribution in [2.24, 2.45) is 0 Å². The summed E-state index contributed by atoms with van der Waals surface area (Å²) < 4.78 is 0. The molecule has 2 aromatic rings. The molecule has 0 aliphatic heterocycles. The number of nitrogens with one attached hydrogen (secondary N) is 1. The van der Waals surface area contributed by atoms with Crippen LogP contribution in [0.5, 0.6) is 0 Å². The van der Waals surface area contributed by atoms with Crippen molar-refractivity contribution in [3.8, 4) is 0 Å². The van der Waals surface area contributed by atoms with E-state index in [9.17, 15) is 0 Å². The lowest BCUT2D eigenvalue weighted by Gasteiger charge is -2.19. The van der Waals surface area contributed by atoms with E-state index in [1.165, 1.54) is 0 Å². The van der Waals surface area contributed by atoms with Crippen molar-refractivity contribution in [3.63, 3.8) is 0 Å². The standard InChI is InChI=1S/C15H18ClN3/c1-3-9-18-15(12-6-4-5-7-13(12)16)14-8-10-17-11(2)19-14/h4-8,10,15,18H,3,9H2,1-2H3. The van der Waals surface area contributed by atoms with Crippen molar-refractivity contribution in [1.82, 2.24) is 15.3 Å². The van der Waals surface area contributed by atoms with E-state index in [4.69, 9.17) is 11.6 Å². The first-order valence-corrected chi connectivity index (χ1v) is 6.87. The molecule has 1 heterocycles. The Hall–Kier alpha value is -1.45. The van der Waals surface area contributed by atoms with Gasteiger partial charge < -0.3 is 5.32 Å². The molecule has 1 N–H and O–H groups in total. The Morgan fingerprint density at radius 2 is 2.05 bits per heavy atom. The highest BCUT2D eigenvalue weighted by Gasteiger charge is 2.17. The third-order valence-corrected chi connectivity index (χ3v) is 3.25. The SMILES string of the molecule is CCCNC(c1ccnc(C)n1)c1ccccc1Cl. The van der Waals surface area contributed by atoms with Crippen LogP contribution < -0.4 is 5.32 Å². The fraction of sp³-hybridized carbons (Fsp3) is 0.333. The zero-order chi connectivity index (χ0) is 13.7. The highest BCUT2D eigenvalue weighted by molar-refractivity contribution is 6.31. The van der Waals surface area contributed by atoms with Crippen molar-refractivity contribution in [3.05, 3.63) is 58.6 Å². The first-order valence-electron chi connectivity index (χ1n) is 6.49. The van der Waals surface area contributed by atoms with Crippen LogP contribution in [0.3, 0.4) is 0 Å². The van der Waals surface area contributed by atoms with Gasteiger partial charge in [-0.1, -0.05) is 36.7 Å². The summed E-state index contributed by atoms with van der Waals surface area (Å²) in [6.45, 7) is 4.95. The molecule has 2 rings (SSSR count). The summed E-state index contributed by atoms with van der Waals surface area (Å²) in [5, 5.41) is 4.25. The molecule has 0 saturated carbocycles. The average molecular weight is 276 g/mol. The maximum atomic E-state index is 6.30. The zero-order valence-corrected chi connectivity index (χ0v) is 12.0. The van der Waals surface area contributed by atoms with Crippen molar-refractivity contribution in [2.45, 2.75) is 26.3 Å². The van der Waals surface area contributed by atoms with Crippen molar-refractivity contribution >= 4 is 11.6 Å². The predicted molar refractivity (Wildman–Crippen MR) is 78.4 cm³/mol. The lowest BCUT2D eigenvalue weighted by atomic mass is 10.0. The smallest absolute Gasteiger partial charge is 0.125 e. The summed E-state index contributed by atoms with van der Waals surface area (Å²) in [6.07, 6.45) is 2.85. The van der Waals surface area contributed by atoms with Crippen LogP contribution in [0.25, 0.3) is 0 Å². The Kier molecular flexibility index (Phi) is 4.88. The van der Waals surface area contributed by atoms with Crippen LogP contribution >= 0.6 is 11.6 Å². The number of hydrogen-bond donors (Lipinski definition) is 1. The molecule has 0 aliphatic carbocycles. The van der Waals surface area contributed by atoms with Crippen LogP contribution in [-0.4, -0.2) is 16.5 Å². The van der Waals surface area contributed by atoms with E-state index in [0.29, 0.717) is 0 Å². The number of aryl methyl sites for hydroxylation is 1. The Morgan fingerprint density at radius 1 is 1.26 bits per heavy atom. The molecule has 0 radical (unpaired) electrons. The Balaban J connectivity index is 2.38. The molecule has 0 spiro atoms. The number of aromatic nitrogens is 2. The van der Waals surface area contributed by atoms with E-state index in [-0.39, 0.29) is 6.04 Å². The van der Waals surface area contributed by atoms with Crippen LogP contribution in [0.1, 0.15) is 36.5 Å². The van der Waals surface area contributed by atoms with Crippen LogP contribution in [0.15, 0.2) is 36.5 Å². The van der Waals surface area contributed by atoms with Gasteiger partial charge in [0.25, 0.3) is 0 Å². The zero-order valence-electron chi connectivity index (χ0n) is 11.2. The van der Waals surface area contributed by atoms with Gasteiger partial charge in [0.15, 0.2) is 0 Å². The van der Waals surface area contributed by atoms with Crippen LogP contribution in [0.2, 0.25) is 5.02 Å². The third-order valence-electron chi connectivity index (χ3n) is 2.91. The first kappa shape index (κ1) is 14.0. The fourth-order valence-corrected chi connectivity index (χ4v) is 2.25. The van der Waals surface area contributed by atoms with Gasteiger partial charge in [-0.05, 0) is 37.6 Å². The van der Waals surface area contributed by atoms with Gasteiger partial charge in [-0.2, -0.15) is 0 Å². The molecular formula is C15H18ClN3. The van der Waals surface area contributed by atoms with Gasteiger partial charge in [0, 0.05) is 11.2 Å². The number of halogens is 1. The normalized spacial score (nSPS) is 12.4.